The Morgan fingerprint density at radius 2 is 2.47 bits per heavy atom. The minimum absolute atomic E-state index is 0.0592. The van der Waals surface area contributed by atoms with Crippen molar-refractivity contribution in [1.29, 1.82) is 0 Å². The van der Waals surface area contributed by atoms with E-state index in [0.717, 1.165) is 5.69 Å². The molecule has 0 aliphatic heterocycles. The topological polar surface area (TPSA) is 90.1 Å². The number of carbonyl (C=O) groups excluding carboxylic acids is 1. The van der Waals surface area contributed by atoms with Crippen molar-refractivity contribution >= 4 is 11.9 Å². The highest BCUT2D eigenvalue weighted by atomic mass is 16.5. The number of amides is 1. The number of carbonyl (C=O) groups is 1. The molecule has 0 aliphatic carbocycles. The van der Waals surface area contributed by atoms with Gasteiger partial charge in [-0.2, -0.15) is 0 Å². The Hall–Kier alpha value is -1.69. The lowest BCUT2D eigenvalue weighted by Gasteiger charge is -2.04. The maximum atomic E-state index is 10.3. The molecule has 1 amide bonds. The summed E-state index contributed by atoms with van der Waals surface area (Å²) >= 11 is 0. The molecule has 1 heterocycles. The van der Waals surface area contributed by atoms with Crippen LogP contribution in [0.25, 0.3) is 0 Å². The van der Waals surface area contributed by atoms with Crippen LogP contribution in [0, 0.1) is 6.92 Å². The lowest BCUT2D eigenvalue weighted by Crippen LogP contribution is -2.20. The van der Waals surface area contributed by atoms with E-state index < -0.39 is 5.91 Å². The first-order valence-electron chi connectivity index (χ1n) is 4.58. The SMILES string of the molecule is Cc1ccnc(NCCOCC(N)=O)n1. The first-order valence-corrected chi connectivity index (χ1v) is 4.58. The third-order valence-electron chi connectivity index (χ3n) is 1.57. The third kappa shape index (κ3) is 4.92. The van der Waals surface area contributed by atoms with E-state index in [1.54, 1.807) is 6.20 Å². The Morgan fingerprint density at radius 1 is 1.67 bits per heavy atom. The normalized spacial score (nSPS) is 9.93. The monoisotopic (exact) mass is 210 g/mol. The third-order valence-corrected chi connectivity index (χ3v) is 1.57. The molecule has 3 N–H and O–H groups in total. The lowest BCUT2D eigenvalue weighted by molar-refractivity contribution is -0.122. The van der Waals surface area contributed by atoms with Gasteiger partial charge in [-0.05, 0) is 13.0 Å². The number of aromatic nitrogens is 2. The van der Waals surface area contributed by atoms with Gasteiger partial charge in [-0.1, -0.05) is 0 Å². The first-order chi connectivity index (χ1) is 7.18. The van der Waals surface area contributed by atoms with Gasteiger partial charge in [0.1, 0.15) is 6.61 Å². The number of hydrogen-bond donors (Lipinski definition) is 2. The number of ether oxygens (including phenoxy) is 1. The molecule has 0 saturated carbocycles. The number of rotatable bonds is 6. The molecule has 1 aromatic heterocycles. The predicted molar refractivity (Wildman–Crippen MR) is 55.3 cm³/mol. The molecule has 82 valence electrons. The fraction of sp³-hybridized carbons (Fsp3) is 0.444. The Bertz CT molecular complexity index is 330. The summed E-state index contributed by atoms with van der Waals surface area (Å²) in [6, 6.07) is 1.81. The van der Waals surface area contributed by atoms with Crippen LogP contribution >= 0.6 is 0 Å². The Morgan fingerprint density at radius 3 is 3.13 bits per heavy atom. The molecule has 0 radical (unpaired) electrons. The van der Waals surface area contributed by atoms with E-state index in [-0.39, 0.29) is 6.61 Å². The predicted octanol–water partition coefficient (Wildman–Crippen LogP) is -0.301. The quantitative estimate of drug-likeness (QED) is 0.629. The smallest absolute Gasteiger partial charge is 0.243 e. The number of hydrogen-bond acceptors (Lipinski definition) is 5. The maximum absolute atomic E-state index is 10.3. The summed E-state index contributed by atoms with van der Waals surface area (Å²) < 4.78 is 4.95. The fourth-order valence-corrected chi connectivity index (χ4v) is 0.942. The van der Waals surface area contributed by atoms with Crippen LogP contribution in [0.3, 0.4) is 0 Å². The van der Waals surface area contributed by atoms with E-state index in [2.05, 4.69) is 15.3 Å². The molecule has 0 aliphatic rings. The van der Waals surface area contributed by atoms with Gasteiger partial charge in [0.2, 0.25) is 11.9 Å². The van der Waals surface area contributed by atoms with Gasteiger partial charge in [0.05, 0.1) is 6.61 Å². The Balaban J connectivity index is 2.17. The molecule has 0 saturated heterocycles. The maximum Gasteiger partial charge on any atom is 0.243 e. The summed E-state index contributed by atoms with van der Waals surface area (Å²) in [4.78, 5) is 18.5. The highest BCUT2D eigenvalue weighted by Crippen LogP contribution is 1.97. The van der Waals surface area contributed by atoms with Gasteiger partial charge in [-0.15, -0.1) is 0 Å². The molecule has 0 atom stereocenters. The van der Waals surface area contributed by atoms with Gasteiger partial charge in [-0.3, -0.25) is 4.79 Å². The highest BCUT2D eigenvalue weighted by Gasteiger charge is 1.96. The molecule has 0 bridgehead atoms. The van der Waals surface area contributed by atoms with Crippen LogP contribution in [0.15, 0.2) is 12.3 Å². The number of primary amides is 1. The van der Waals surface area contributed by atoms with Crippen LogP contribution in [-0.2, 0) is 9.53 Å². The van der Waals surface area contributed by atoms with Crippen molar-refractivity contribution in [3.63, 3.8) is 0 Å². The van der Waals surface area contributed by atoms with E-state index >= 15 is 0 Å². The van der Waals surface area contributed by atoms with Crippen molar-refractivity contribution in [2.24, 2.45) is 5.73 Å². The van der Waals surface area contributed by atoms with Crippen LogP contribution in [0.4, 0.5) is 5.95 Å². The summed E-state index contributed by atoms with van der Waals surface area (Å²) in [5, 5.41) is 2.96. The van der Waals surface area contributed by atoms with E-state index in [0.29, 0.717) is 19.1 Å². The van der Waals surface area contributed by atoms with Crippen molar-refractivity contribution in [3.8, 4) is 0 Å². The van der Waals surface area contributed by atoms with Crippen LogP contribution < -0.4 is 11.1 Å². The van der Waals surface area contributed by atoms with E-state index in [1.165, 1.54) is 0 Å². The first kappa shape index (κ1) is 11.4. The summed E-state index contributed by atoms with van der Waals surface area (Å²) in [5.41, 5.74) is 5.79. The van der Waals surface area contributed by atoms with Crippen molar-refractivity contribution < 1.29 is 9.53 Å². The van der Waals surface area contributed by atoms with E-state index in [1.807, 2.05) is 13.0 Å². The molecule has 15 heavy (non-hydrogen) atoms. The molecular weight excluding hydrogens is 196 g/mol. The standard InChI is InChI=1S/C9H14N4O2/c1-7-2-3-11-9(13-7)12-4-5-15-6-8(10)14/h2-3H,4-6H2,1H3,(H2,10,14)(H,11,12,13). The van der Waals surface area contributed by atoms with E-state index in [4.69, 9.17) is 10.5 Å². The molecule has 1 rings (SSSR count). The second kappa shape index (κ2) is 5.92. The van der Waals surface area contributed by atoms with Gasteiger partial charge in [0, 0.05) is 18.4 Å². The van der Waals surface area contributed by atoms with Crippen molar-refractivity contribution in [2.45, 2.75) is 6.92 Å². The minimum Gasteiger partial charge on any atom is -0.370 e. The van der Waals surface area contributed by atoms with Gasteiger partial charge in [0.15, 0.2) is 0 Å². The fourth-order valence-electron chi connectivity index (χ4n) is 0.942. The second-order valence-electron chi connectivity index (χ2n) is 2.97. The number of nitrogens with two attached hydrogens (primary N) is 1. The molecule has 0 fully saturated rings. The second-order valence-corrected chi connectivity index (χ2v) is 2.97. The highest BCUT2D eigenvalue weighted by molar-refractivity contribution is 5.74. The number of aryl methyl sites for hydroxylation is 1. The Labute approximate surface area is 87.9 Å². The summed E-state index contributed by atoms with van der Waals surface area (Å²) in [5.74, 6) is 0.0829. The Kier molecular flexibility index (Phi) is 4.49. The molecule has 1 aromatic rings. The molecule has 6 heteroatoms. The van der Waals surface area contributed by atoms with Crippen molar-refractivity contribution in [1.82, 2.24) is 9.97 Å². The van der Waals surface area contributed by atoms with E-state index in [9.17, 15) is 4.79 Å². The minimum atomic E-state index is -0.471. The number of anilines is 1. The van der Waals surface area contributed by atoms with Gasteiger partial charge < -0.3 is 15.8 Å². The molecule has 0 aromatic carbocycles. The molecule has 0 spiro atoms. The van der Waals surface area contributed by atoms with Gasteiger partial charge in [0.25, 0.3) is 0 Å². The van der Waals surface area contributed by atoms with Crippen molar-refractivity contribution in [2.75, 3.05) is 25.1 Å². The summed E-state index contributed by atoms with van der Waals surface area (Å²) in [6.07, 6.45) is 1.68. The van der Waals surface area contributed by atoms with Crippen LogP contribution in [-0.4, -0.2) is 35.6 Å². The number of nitrogens with zero attached hydrogens (tertiary/aromatic N) is 2. The molecule has 6 nitrogen and oxygen atoms in total. The van der Waals surface area contributed by atoms with Gasteiger partial charge >= 0.3 is 0 Å². The zero-order valence-corrected chi connectivity index (χ0v) is 8.56. The van der Waals surface area contributed by atoms with Gasteiger partial charge in [-0.25, -0.2) is 9.97 Å². The average Bonchev–Trinajstić information content (AvgIpc) is 2.17. The zero-order chi connectivity index (χ0) is 11.1. The zero-order valence-electron chi connectivity index (χ0n) is 8.56. The average molecular weight is 210 g/mol. The van der Waals surface area contributed by atoms with Crippen LogP contribution in [0.2, 0.25) is 0 Å². The lowest BCUT2D eigenvalue weighted by atomic mass is 10.5. The number of nitrogens with one attached hydrogen (secondary N) is 1. The summed E-state index contributed by atoms with van der Waals surface area (Å²) in [7, 11) is 0. The summed E-state index contributed by atoms with van der Waals surface area (Å²) in [6.45, 7) is 2.75. The van der Waals surface area contributed by atoms with Crippen LogP contribution in [0.5, 0.6) is 0 Å². The molecule has 0 unspecified atom stereocenters. The van der Waals surface area contributed by atoms with Crippen LogP contribution in [0.1, 0.15) is 5.69 Å². The van der Waals surface area contributed by atoms with Crippen molar-refractivity contribution in [3.05, 3.63) is 18.0 Å². The largest absolute Gasteiger partial charge is 0.370 e. The molecular formula is C9H14N4O2.